The van der Waals surface area contributed by atoms with Crippen LogP contribution < -0.4 is 0 Å². The van der Waals surface area contributed by atoms with Crippen LogP contribution in [0.2, 0.25) is 0 Å². The van der Waals surface area contributed by atoms with E-state index in [-0.39, 0.29) is 24.2 Å². The van der Waals surface area contributed by atoms with Crippen molar-refractivity contribution in [2.75, 3.05) is 12.8 Å². The van der Waals surface area contributed by atoms with Gasteiger partial charge in [-0.3, -0.25) is 4.68 Å². The molecule has 0 saturated heterocycles. The van der Waals surface area contributed by atoms with Gasteiger partial charge in [0.15, 0.2) is 0 Å². The minimum absolute atomic E-state index is 0.0319. The SMILES string of the molecule is CC(OC(Cc1cn(C)nn1)CN(C(C)(C)C)S(C)(=O)=O)C(C)(C)C. The Bertz CT molecular complexity index is 656. The maximum absolute atomic E-state index is 12.3. The van der Waals surface area contributed by atoms with Crippen LogP contribution in [0.4, 0.5) is 0 Å². The average Bonchev–Trinajstić information content (AvgIpc) is 2.77. The largest absolute Gasteiger partial charge is 0.373 e. The summed E-state index contributed by atoms with van der Waals surface area (Å²) in [6.07, 6.45) is 3.25. The molecule has 0 N–H and O–H groups in total. The molecule has 2 atom stereocenters. The zero-order valence-electron chi connectivity index (χ0n) is 17.1. The van der Waals surface area contributed by atoms with E-state index in [4.69, 9.17) is 4.74 Å². The van der Waals surface area contributed by atoms with Gasteiger partial charge in [0.1, 0.15) is 0 Å². The molecule has 0 aliphatic carbocycles. The Morgan fingerprint density at radius 1 is 1.24 bits per heavy atom. The van der Waals surface area contributed by atoms with Crippen LogP contribution in [-0.4, -0.2) is 58.3 Å². The number of hydrogen-bond donors (Lipinski definition) is 0. The quantitative estimate of drug-likeness (QED) is 0.731. The van der Waals surface area contributed by atoms with Crippen molar-refractivity contribution in [3.63, 3.8) is 0 Å². The van der Waals surface area contributed by atoms with Crippen molar-refractivity contribution in [1.29, 1.82) is 0 Å². The fourth-order valence-electron chi connectivity index (χ4n) is 2.46. The molecule has 8 heteroatoms. The third-order valence-electron chi connectivity index (χ3n) is 4.22. The molecule has 1 aromatic heterocycles. The highest BCUT2D eigenvalue weighted by molar-refractivity contribution is 7.88. The lowest BCUT2D eigenvalue weighted by molar-refractivity contribution is -0.0648. The zero-order valence-corrected chi connectivity index (χ0v) is 17.9. The van der Waals surface area contributed by atoms with Gasteiger partial charge in [-0.25, -0.2) is 8.42 Å². The number of rotatable bonds is 7. The summed E-state index contributed by atoms with van der Waals surface area (Å²) in [5.74, 6) is 0. The molecule has 0 radical (unpaired) electrons. The van der Waals surface area contributed by atoms with E-state index in [1.165, 1.54) is 10.6 Å². The molecule has 7 nitrogen and oxygen atoms in total. The van der Waals surface area contributed by atoms with E-state index in [0.29, 0.717) is 6.42 Å². The molecule has 1 aromatic rings. The van der Waals surface area contributed by atoms with Gasteiger partial charge in [0.25, 0.3) is 0 Å². The van der Waals surface area contributed by atoms with Gasteiger partial charge in [0, 0.05) is 31.7 Å². The van der Waals surface area contributed by atoms with Crippen molar-refractivity contribution in [3.05, 3.63) is 11.9 Å². The third kappa shape index (κ3) is 7.03. The van der Waals surface area contributed by atoms with E-state index in [1.807, 2.05) is 40.9 Å². The van der Waals surface area contributed by atoms with Crippen LogP contribution in [0, 0.1) is 5.41 Å². The maximum Gasteiger partial charge on any atom is 0.211 e. The van der Waals surface area contributed by atoms with Gasteiger partial charge in [-0.1, -0.05) is 26.0 Å². The van der Waals surface area contributed by atoms with Crippen molar-refractivity contribution in [2.24, 2.45) is 12.5 Å². The molecular formula is C17H34N4O3S. The Balaban J connectivity index is 3.07. The molecule has 0 spiro atoms. The fraction of sp³-hybridized carbons (Fsp3) is 0.882. The van der Waals surface area contributed by atoms with E-state index in [1.54, 1.807) is 4.68 Å². The standard InChI is InChI=1S/C17H34N4O3S/c1-13(16(2,3)4)24-15(10-14-11-20(8)19-18-14)12-21(17(5,6)7)25(9,22)23/h11,13,15H,10,12H2,1-9H3. The monoisotopic (exact) mass is 374 g/mol. The summed E-state index contributed by atoms with van der Waals surface area (Å²) in [4.78, 5) is 0. The minimum atomic E-state index is -3.36. The molecule has 0 fully saturated rings. The predicted molar refractivity (Wildman–Crippen MR) is 99.8 cm³/mol. The molecule has 0 bridgehead atoms. The van der Waals surface area contributed by atoms with Gasteiger partial charge in [-0.2, -0.15) is 4.31 Å². The van der Waals surface area contributed by atoms with Gasteiger partial charge >= 0.3 is 0 Å². The third-order valence-corrected chi connectivity index (χ3v) is 5.72. The van der Waals surface area contributed by atoms with E-state index in [2.05, 4.69) is 31.1 Å². The van der Waals surface area contributed by atoms with Crippen LogP contribution in [0.5, 0.6) is 0 Å². The minimum Gasteiger partial charge on any atom is -0.373 e. The topological polar surface area (TPSA) is 77.3 Å². The van der Waals surface area contributed by atoms with E-state index >= 15 is 0 Å². The average molecular weight is 375 g/mol. The van der Waals surface area contributed by atoms with Crippen molar-refractivity contribution in [2.45, 2.75) is 72.6 Å². The summed E-state index contributed by atoms with van der Waals surface area (Å²) in [6.45, 7) is 14.3. The Morgan fingerprint density at radius 3 is 2.16 bits per heavy atom. The van der Waals surface area contributed by atoms with Crippen LogP contribution in [0.25, 0.3) is 0 Å². The van der Waals surface area contributed by atoms with Crippen LogP contribution in [0.15, 0.2) is 6.20 Å². The van der Waals surface area contributed by atoms with Crippen molar-refractivity contribution >= 4 is 10.0 Å². The molecule has 146 valence electrons. The second-order valence-electron chi connectivity index (χ2n) is 8.82. The molecule has 25 heavy (non-hydrogen) atoms. The summed E-state index contributed by atoms with van der Waals surface area (Å²) in [5, 5.41) is 8.08. The number of aromatic nitrogens is 3. The fourth-order valence-corrected chi connectivity index (χ4v) is 3.89. The molecule has 1 heterocycles. The van der Waals surface area contributed by atoms with Crippen molar-refractivity contribution in [3.8, 4) is 0 Å². The summed E-state index contributed by atoms with van der Waals surface area (Å²) in [6, 6.07) is 0. The summed E-state index contributed by atoms with van der Waals surface area (Å²) in [5.41, 5.74) is 0.219. The van der Waals surface area contributed by atoms with E-state index < -0.39 is 15.6 Å². The number of sulfonamides is 1. The molecule has 0 saturated carbocycles. The van der Waals surface area contributed by atoms with Crippen LogP contribution in [0.1, 0.15) is 54.2 Å². The van der Waals surface area contributed by atoms with Gasteiger partial charge in [0.05, 0.1) is 24.2 Å². The molecule has 2 unspecified atom stereocenters. The van der Waals surface area contributed by atoms with Crippen molar-refractivity contribution < 1.29 is 13.2 Å². The molecule has 0 aliphatic rings. The summed E-state index contributed by atoms with van der Waals surface area (Å²) in [7, 11) is -1.56. The smallest absolute Gasteiger partial charge is 0.211 e. The Labute approximate surface area is 152 Å². The second kappa shape index (κ2) is 7.72. The number of hydrogen-bond acceptors (Lipinski definition) is 5. The predicted octanol–water partition coefficient (Wildman–Crippen LogP) is 2.24. The Kier molecular flexibility index (Phi) is 6.81. The first-order chi connectivity index (χ1) is 11.1. The molecular weight excluding hydrogens is 340 g/mol. The Morgan fingerprint density at radius 2 is 1.80 bits per heavy atom. The van der Waals surface area contributed by atoms with Gasteiger partial charge in [-0.05, 0) is 33.1 Å². The van der Waals surface area contributed by atoms with Gasteiger partial charge in [-0.15, -0.1) is 5.10 Å². The maximum atomic E-state index is 12.3. The second-order valence-corrected chi connectivity index (χ2v) is 10.7. The lowest BCUT2D eigenvalue weighted by Gasteiger charge is -2.38. The van der Waals surface area contributed by atoms with Crippen LogP contribution >= 0.6 is 0 Å². The first kappa shape index (κ1) is 22.1. The molecule has 1 rings (SSSR count). The molecule has 0 aliphatic heterocycles. The van der Waals surface area contributed by atoms with Gasteiger partial charge < -0.3 is 4.74 Å². The summed E-state index contributed by atoms with van der Waals surface area (Å²) < 4.78 is 34.0. The van der Waals surface area contributed by atoms with E-state index in [0.717, 1.165) is 5.69 Å². The van der Waals surface area contributed by atoms with Crippen LogP contribution in [-0.2, 0) is 28.2 Å². The highest BCUT2D eigenvalue weighted by atomic mass is 32.2. The Hall–Kier alpha value is -0.990. The highest BCUT2D eigenvalue weighted by Crippen LogP contribution is 2.26. The number of nitrogens with zero attached hydrogens (tertiary/aromatic N) is 4. The van der Waals surface area contributed by atoms with E-state index in [9.17, 15) is 8.42 Å². The first-order valence-corrected chi connectivity index (χ1v) is 10.4. The lowest BCUT2D eigenvalue weighted by Crippen LogP contribution is -2.50. The summed E-state index contributed by atoms with van der Waals surface area (Å²) >= 11 is 0. The lowest BCUT2D eigenvalue weighted by atomic mass is 9.90. The van der Waals surface area contributed by atoms with Crippen LogP contribution in [0.3, 0.4) is 0 Å². The highest BCUT2D eigenvalue weighted by Gasteiger charge is 2.34. The number of aryl methyl sites for hydroxylation is 1. The van der Waals surface area contributed by atoms with Crippen molar-refractivity contribution in [1.82, 2.24) is 19.3 Å². The normalized spacial score (nSPS) is 16.2. The number of ether oxygens (including phenoxy) is 1. The molecule has 0 aromatic carbocycles. The molecule has 0 amide bonds. The first-order valence-electron chi connectivity index (χ1n) is 8.59. The zero-order chi connectivity index (χ0) is 19.6. The van der Waals surface area contributed by atoms with Gasteiger partial charge in [0.2, 0.25) is 10.0 Å².